The minimum absolute atomic E-state index is 0. The quantitative estimate of drug-likeness (QED) is 0.761. The number of hydrogen-bond acceptors (Lipinski definition) is 1. The van der Waals surface area contributed by atoms with E-state index in [2.05, 4.69) is 35.1 Å². The van der Waals surface area contributed by atoms with Gasteiger partial charge in [0.2, 0.25) is 0 Å². The van der Waals surface area contributed by atoms with Gasteiger partial charge in [0.25, 0.3) is 0 Å². The van der Waals surface area contributed by atoms with E-state index in [-0.39, 0.29) is 26.0 Å². The van der Waals surface area contributed by atoms with E-state index >= 15 is 0 Å². The van der Waals surface area contributed by atoms with Gasteiger partial charge in [-0.05, 0) is 12.1 Å². The van der Waals surface area contributed by atoms with Crippen LogP contribution in [0.2, 0.25) is 0 Å². The van der Waals surface area contributed by atoms with Gasteiger partial charge in [0, 0.05) is 16.6 Å². The number of aliphatic imine (C=N–C) groups is 1. The Morgan fingerprint density at radius 1 is 1.24 bits per heavy atom. The SMILES string of the molecule is [CH2-]C1=CCC(c2cc3ccccc3[nH]2)=N1.[CH3-].[V+2]. The average Bonchev–Trinajstić information content (AvgIpc) is 2.82. The summed E-state index contributed by atoms with van der Waals surface area (Å²) in [6.07, 6.45) is 2.92. The first-order chi connectivity index (χ1) is 7.33. The molecule has 3 heteroatoms. The molecule has 1 aliphatic heterocycles. The zero-order chi connectivity index (χ0) is 10.3. The molecule has 2 heterocycles. The molecule has 0 saturated heterocycles. The molecule has 85 valence electrons. The van der Waals surface area contributed by atoms with Crippen molar-refractivity contribution in [2.24, 2.45) is 4.99 Å². The number of nitrogens with one attached hydrogen (secondary N) is 1. The van der Waals surface area contributed by atoms with Crippen LogP contribution in [0.4, 0.5) is 0 Å². The standard InChI is InChI=1S/C13H11N2.CH3.V/c1-9-6-7-12(14-9)13-8-10-4-2-3-5-11(10)15-13;;/h2-6,8,15H,1,7H2;1H3;/q2*-1;+2. The second-order valence-corrected chi connectivity index (χ2v) is 3.73. The number of H-pyrrole nitrogens is 1. The monoisotopic (exact) mass is 261 g/mol. The van der Waals surface area contributed by atoms with Crippen molar-refractivity contribution < 1.29 is 18.6 Å². The second kappa shape index (κ2) is 5.30. The maximum absolute atomic E-state index is 4.39. The van der Waals surface area contributed by atoms with Crippen molar-refractivity contribution in [1.29, 1.82) is 0 Å². The van der Waals surface area contributed by atoms with E-state index < -0.39 is 0 Å². The molecule has 3 rings (SSSR count). The zero-order valence-corrected chi connectivity index (χ0v) is 11.2. The molecule has 1 aromatic carbocycles. The summed E-state index contributed by atoms with van der Waals surface area (Å²) in [7, 11) is 0. The summed E-state index contributed by atoms with van der Waals surface area (Å²) in [4.78, 5) is 7.76. The first-order valence-corrected chi connectivity index (χ1v) is 5.01. The van der Waals surface area contributed by atoms with E-state index in [0.717, 1.165) is 29.0 Å². The summed E-state index contributed by atoms with van der Waals surface area (Å²) in [5.41, 5.74) is 4.21. The molecule has 1 aromatic heterocycles. The smallest absolute Gasteiger partial charge is 0.358 e. The fourth-order valence-electron chi connectivity index (χ4n) is 1.88. The number of nitrogens with zero attached hydrogens (tertiary/aromatic N) is 1. The molecule has 0 unspecified atom stereocenters. The molecule has 0 atom stereocenters. The van der Waals surface area contributed by atoms with E-state index in [1.807, 2.05) is 18.2 Å². The van der Waals surface area contributed by atoms with Crippen LogP contribution in [0.25, 0.3) is 10.9 Å². The first-order valence-electron chi connectivity index (χ1n) is 5.01. The predicted octanol–water partition coefficient (Wildman–Crippen LogP) is 3.53. The number of fused-ring (bicyclic) bond motifs is 1. The fourth-order valence-corrected chi connectivity index (χ4v) is 1.88. The van der Waals surface area contributed by atoms with Crippen molar-refractivity contribution in [1.82, 2.24) is 4.98 Å². The van der Waals surface area contributed by atoms with Gasteiger partial charge in [-0.1, -0.05) is 24.6 Å². The topological polar surface area (TPSA) is 28.1 Å². The van der Waals surface area contributed by atoms with Crippen LogP contribution in [0.1, 0.15) is 12.1 Å². The number of benzene rings is 1. The molecule has 0 spiro atoms. The van der Waals surface area contributed by atoms with Crippen LogP contribution in [-0.2, 0) is 18.6 Å². The van der Waals surface area contributed by atoms with E-state index in [1.54, 1.807) is 0 Å². The van der Waals surface area contributed by atoms with Crippen molar-refractivity contribution >= 4 is 16.6 Å². The normalized spacial score (nSPS) is 13.6. The molecule has 0 bridgehead atoms. The third-order valence-electron chi connectivity index (χ3n) is 2.65. The van der Waals surface area contributed by atoms with Gasteiger partial charge < -0.3 is 12.4 Å². The molecular weight excluding hydrogens is 247 g/mol. The van der Waals surface area contributed by atoms with Gasteiger partial charge in [0.1, 0.15) is 0 Å². The molecule has 0 fully saturated rings. The Morgan fingerprint density at radius 3 is 2.65 bits per heavy atom. The number of rotatable bonds is 1. The van der Waals surface area contributed by atoms with Gasteiger partial charge in [0.15, 0.2) is 0 Å². The first kappa shape index (κ1) is 13.7. The van der Waals surface area contributed by atoms with E-state index in [1.165, 1.54) is 5.39 Å². The maximum Gasteiger partial charge on any atom is 2.00 e. The van der Waals surface area contributed by atoms with Crippen molar-refractivity contribution in [3.05, 3.63) is 62.1 Å². The van der Waals surface area contributed by atoms with Gasteiger partial charge in [0.05, 0.1) is 5.69 Å². The van der Waals surface area contributed by atoms with Crippen LogP contribution in [0.5, 0.6) is 0 Å². The third-order valence-corrected chi connectivity index (χ3v) is 2.65. The summed E-state index contributed by atoms with van der Waals surface area (Å²) in [5, 5.41) is 1.23. The largest absolute Gasteiger partial charge is 2.00 e. The number of aromatic nitrogens is 1. The van der Waals surface area contributed by atoms with Gasteiger partial charge in [-0.2, -0.15) is 0 Å². The Kier molecular flexibility index (Phi) is 4.27. The van der Waals surface area contributed by atoms with Crippen molar-refractivity contribution in [3.63, 3.8) is 0 Å². The number of para-hydroxylation sites is 1. The molecule has 1 radical (unpaired) electrons. The minimum atomic E-state index is 0. The van der Waals surface area contributed by atoms with Crippen LogP contribution in [0.15, 0.2) is 47.1 Å². The molecule has 0 amide bonds. The van der Waals surface area contributed by atoms with Gasteiger partial charge >= 0.3 is 18.6 Å². The van der Waals surface area contributed by atoms with Gasteiger partial charge in [-0.3, -0.25) is 4.99 Å². The number of allylic oxidation sites excluding steroid dienone is 2. The van der Waals surface area contributed by atoms with Crippen LogP contribution < -0.4 is 0 Å². The third kappa shape index (κ3) is 2.49. The number of hydrogen-bond donors (Lipinski definition) is 1. The Hall–Kier alpha value is -1.38. The van der Waals surface area contributed by atoms with E-state index in [9.17, 15) is 0 Å². The molecule has 0 saturated carbocycles. The molecule has 0 aliphatic carbocycles. The zero-order valence-electron chi connectivity index (χ0n) is 9.77. The van der Waals surface area contributed by atoms with Crippen LogP contribution in [-0.4, -0.2) is 10.7 Å². The van der Waals surface area contributed by atoms with E-state index in [0.29, 0.717) is 0 Å². The van der Waals surface area contributed by atoms with E-state index in [4.69, 9.17) is 0 Å². The Bertz CT molecular complexity index is 546. The van der Waals surface area contributed by atoms with Crippen molar-refractivity contribution in [2.75, 3.05) is 0 Å². The average molecular weight is 261 g/mol. The molecule has 1 aliphatic rings. The van der Waals surface area contributed by atoms with Gasteiger partial charge in [-0.15, -0.1) is 5.70 Å². The summed E-state index contributed by atoms with van der Waals surface area (Å²) in [6, 6.07) is 10.4. The fraction of sp³-hybridized carbons (Fsp3) is 0.0714. The molecule has 2 aromatic rings. The maximum atomic E-state index is 4.39. The summed E-state index contributed by atoms with van der Waals surface area (Å²) in [5.74, 6) is 0. The predicted molar refractivity (Wildman–Crippen MR) is 69.3 cm³/mol. The Morgan fingerprint density at radius 2 is 2.00 bits per heavy atom. The Labute approximate surface area is 114 Å². The van der Waals surface area contributed by atoms with Crippen LogP contribution in [0.3, 0.4) is 0 Å². The molecule has 17 heavy (non-hydrogen) atoms. The molecule has 2 nitrogen and oxygen atoms in total. The minimum Gasteiger partial charge on any atom is -0.358 e. The molecular formula is C14H14N2V. The molecule has 1 N–H and O–H groups in total. The van der Waals surface area contributed by atoms with Crippen LogP contribution >= 0.6 is 0 Å². The summed E-state index contributed by atoms with van der Waals surface area (Å²) in [6.45, 7) is 3.83. The van der Waals surface area contributed by atoms with Crippen LogP contribution in [0, 0.1) is 14.4 Å². The second-order valence-electron chi connectivity index (χ2n) is 3.73. The van der Waals surface area contributed by atoms with Crippen molar-refractivity contribution in [2.45, 2.75) is 6.42 Å². The summed E-state index contributed by atoms with van der Waals surface area (Å²) >= 11 is 0. The van der Waals surface area contributed by atoms with Gasteiger partial charge in [-0.25, -0.2) is 13.0 Å². The Balaban J connectivity index is 0.000000722. The summed E-state index contributed by atoms with van der Waals surface area (Å²) < 4.78 is 0. The van der Waals surface area contributed by atoms with Crippen molar-refractivity contribution in [3.8, 4) is 0 Å². The number of aromatic amines is 1.